The van der Waals surface area contributed by atoms with Crippen LogP contribution in [0.1, 0.15) is 75.1 Å². The number of pyridine rings is 1. The molecule has 2 aromatic rings. The van der Waals surface area contributed by atoms with Crippen molar-refractivity contribution in [3.05, 3.63) is 35.5 Å². The lowest BCUT2D eigenvalue weighted by atomic mass is 9.79. The normalized spacial score (nSPS) is 17.9. The van der Waals surface area contributed by atoms with Crippen molar-refractivity contribution in [2.45, 2.75) is 71.5 Å². The predicted octanol–water partition coefficient (Wildman–Crippen LogP) is 4.31. The molecule has 0 bridgehead atoms. The number of ether oxygens (including phenoxy) is 2. The van der Waals surface area contributed by atoms with Crippen molar-refractivity contribution < 1.29 is 19.1 Å². The molecule has 1 aliphatic rings. The highest BCUT2D eigenvalue weighted by molar-refractivity contribution is 6.06. The Morgan fingerprint density at radius 3 is 2.29 bits per heavy atom. The lowest BCUT2D eigenvalue weighted by molar-refractivity contribution is 0.0517. The second kappa shape index (κ2) is 8.83. The first kappa shape index (κ1) is 23.0. The summed E-state index contributed by atoms with van der Waals surface area (Å²) in [5.41, 5.74) is 1.99. The van der Waals surface area contributed by atoms with E-state index in [0.717, 1.165) is 12.8 Å². The molecule has 0 atom stereocenters. The van der Waals surface area contributed by atoms with E-state index >= 15 is 0 Å². The van der Waals surface area contributed by atoms with Gasteiger partial charge in [0.05, 0.1) is 30.0 Å². The van der Waals surface area contributed by atoms with Crippen molar-refractivity contribution in [1.82, 2.24) is 10.3 Å². The molecule has 7 heteroatoms. The lowest BCUT2D eigenvalue weighted by Gasteiger charge is -2.47. The Kier molecular flexibility index (Phi) is 6.55. The minimum atomic E-state index is -0.437. The van der Waals surface area contributed by atoms with Crippen molar-refractivity contribution in [2.75, 3.05) is 18.5 Å². The smallest absolute Gasteiger partial charge is 0.341 e. The van der Waals surface area contributed by atoms with E-state index in [-0.39, 0.29) is 23.7 Å². The maximum atomic E-state index is 12.7. The van der Waals surface area contributed by atoms with Crippen LogP contribution in [0.5, 0.6) is 0 Å². The molecular weight excluding hydrogens is 394 g/mol. The molecule has 1 aromatic carbocycles. The summed E-state index contributed by atoms with van der Waals surface area (Å²) in [4.78, 5) is 29.5. The Labute approximate surface area is 183 Å². The molecule has 1 fully saturated rings. The third-order valence-electron chi connectivity index (χ3n) is 5.41. The summed E-state index contributed by atoms with van der Waals surface area (Å²) >= 11 is 0. The summed E-state index contributed by atoms with van der Waals surface area (Å²) in [6.45, 7) is 12.8. The number of esters is 2. The van der Waals surface area contributed by atoms with Crippen LogP contribution in [0.2, 0.25) is 0 Å². The summed E-state index contributed by atoms with van der Waals surface area (Å²) in [5.74, 6) is -0.839. The molecule has 0 radical (unpaired) electrons. The van der Waals surface area contributed by atoms with Gasteiger partial charge >= 0.3 is 11.9 Å². The molecular formula is C24H33N3O4. The number of carbonyl (C=O) groups excluding carboxylic acids is 2. The van der Waals surface area contributed by atoms with Gasteiger partial charge < -0.3 is 20.1 Å². The molecule has 2 N–H and O–H groups in total. The van der Waals surface area contributed by atoms with Gasteiger partial charge in [0, 0.05) is 28.7 Å². The number of carbonyl (C=O) groups is 2. The number of rotatable bonds is 6. The maximum Gasteiger partial charge on any atom is 0.341 e. The van der Waals surface area contributed by atoms with E-state index in [2.05, 4.69) is 43.3 Å². The van der Waals surface area contributed by atoms with Crippen LogP contribution in [0.25, 0.3) is 10.9 Å². The van der Waals surface area contributed by atoms with Crippen LogP contribution in [0.4, 0.5) is 5.69 Å². The first-order valence-electron chi connectivity index (χ1n) is 10.9. The van der Waals surface area contributed by atoms with Gasteiger partial charge in [-0.2, -0.15) is 0 Å². The standard InChI is InChI=1S/C24H33N3O4/c1-7-30-21(28)15-9-10-19-17(11-15)20(18(14-25-19)22(29)31-8-2)26-16-12-23(3,4)27-24(5,6)13-16/h9-11,14,16,27H,7-8,12-13H2,1-6H3,(H,25,26). The Morgan fingerprint density at radius 1 is 1.06 bits per heavy atom. The van der Waals surface area contributed by atoms with Crippen LogP contribution < -0.4 is 10.6 Å². The van der Waals surface area contributed by atoms with Gasteiger partial charge in [-0.1, -0.05) is 0 Å². The van der Waals surface area contributed by atoms with Crippen molar-refractivity contribution in [1.29, 1.82) is 0 Å². The highest BCUT2D eigenvalue weighted by Crippen LogP contribution is 2.34. The molecule has 0 saturated carbocycles. The Morgan fingerprint density at radius 2 is 1.68 bits per heavy atom. The second-order valence-electron chi connectivity index (χ2n) is 9.36. The van der Waals surface area contributed by atoms with E-state index in [1.807, 2.05) is 0 Å². The average molecular weight is 428 g/mol. The molecule has 1 aromatic heterocycles. The SMILES string of the molecule is CCOC(=O)c1ccc2ncc(C(=O)OCC)c(NC3CC(C)(C)NC(C)(C)C3)c2c1. The number of aromatic nitrogens is 1. The van der Waals surface area contributed by atoms with E-state index in [9.17, 15) is 9.59 Å². The number of hydrogen-bond donors (Lipinski definition) is 2. The van der Waals surface area contributed by atoms with E-state index in [1.165, 1.54) is 0 Å². The topological polar surface area (TPSA) is 89.5 Å². The molecule has 1 saturated heterocycles. The highest BCUT2D eigenvalue weighted by Gasteiger charge is 2.38. The fourth-order valence-electron chi connectivity index (χ4n) is 4.68. The summed E-state index contributed by atoms with van der Waals surface area (Å²) in [6, 6.07) is 5.33. The Balaban J connectivity index is 2.10. The summed E-state index contributed by atoms with van der Waals surface area (Å²) < 4.78 is 10.4. The number of benzene rings is 1. The zero-order chi connectivity index (χ0) is 22.8. The molecule has 1 aliphatic heterocycles. The summed E-state index contributed by atoms with van der Waals surface area (Å²) in [5, 5.41) is 7.98. The fourth-order valence-corrected chi connectivity index (χ4v) is 4.68. The van der Waals surface area contributed by atoms with Crippen LogP contribution in [0, 0.1) is 0 Å². The van der Waals surface area contributed by atoms with Crippen molar-refractivity contribution in [3.63, 3.8) is 0 Å². The number of nitrogens with one attached hydrogen (secondary N) is 2. The molecule has 168 valence electrons. The summed E-state index contributed by atoms with van der Waals surface area (Å²) in [7, 11) is 0. The van der Waals surface area contributed by atoms with Gasteiger partial charge in [0.1, 0.15) is 5.56 Å². The largest absolute Gasteiger partial charge is 0.462 e. The van der Waals surface area contributed by atoms with Crippen LogP contribution in [0.3, 0.4) is 0 Å². The molecule has 31 heavy (non-hydrogen) atoms. The number of fused-ring (bicyclic) bond motifs is 1. The monoisotopic (exact) mass is 427 g/mol. The van der Waals surface area contributed by atoms with Gasteiger partial charge in [-0.15, -0.1) is 0 Å². The van der Waals surface area contributed by atoms with Crippen molar-refractivity contribution >= 4 is 28.5 Å². The molecule has 3 rings (SSSR count). The minimum Gasteiger partial charge on any atom is -0.462 e. The third kappa shape index (κ3) is 5.34. The quantitative estimate of drug-likeness (QED) is 0.664. The maximum absolute atomic E-state index is 12.7. The summed E-state index contributed by atoms with van der Waals surface area (Å²) in [6.07, 6.45) is 3.30. The lowest BCUT2D eigenvalue weighted by Crippen LogP contribution is -2.60. The first-order chi connectivity index (χ1) is 14.5. The third-order valence-corrected chi connectivity index (χ3v) is 5.41. The van der Waals surface area contributed by atoms with Crippen LogP contribution in [-0.4, -0.2) is 47.3 Å². The van der Waals surface area contributed by atoms with E-state index in [1.54, 1.807) is 38.2 Å². The van der Waals surface area contributed by atoms with Gasteiger partial charge in [-0.05, 0) is 72.6 Å². The predicted molar refractivity (Wildman–Crippen MR) is 122 cm³/mol. The Hall–Kier alpha value is -2.67. The molecule has 0 unspecified atom stereocenters. The zero-order valence-electron chi connectivity index (χ0n) is 19.3. The number of nitrogens with zero attached hydrogens (tertiary/aromatic N) is 1. The number of anilines is 1. The van der Waals surface area contributed by atoms with Crippen molar-refractivity contribution in [2.24, 2.45) is 0 Å². The molecule has 0 aliphatic carbocycles. The Bertz CT molecular complexity index is 963. The van der Waals surface area contributed by atoms with Gasteiger partial charge in [0.15, 0.2) is 0 Å². The van der Waals surface area contributed by atoms with Crippen LogP contribution in [-0.2, 0) is 9.47 Å². The van der Waals surface area contributed by atoms with Gasteiger partial charge in [-0.3, -0.25) is 4.98 Å². The highest BCUT2D eigenvalue weighted by atomic mass is 16.5. The first-order valence-corrected chi connectivity index (χ1v) is 10.9. The average Bonchev–Trinajstić information content (AvgIpc) is 2.65. The number of piperidine rings is 1. The zero-order valence-corrected chi connectivity index (χ0v) is 19.3. The molecule has 7 nitrogen and oxygen atoms in total. The van der Waals surface area contributed by atoms with E-state index < -0.39 is 11.9 Å². The fraction of sp³-hybridized carbons (Fsp3) is 0.542. The minimum absolute atomic E-state index is 0.0670. The van der Waals surface area contributed by atoms with Crippen molar-refractivity contribution in [3.8, 4) is 0 Å². The molecule has 2 heterocycles. The van der Waals surface area contributed by atoms with E-state index in [4.69, 9.17) is 9.47 Å². The van der Waals surface area contributed by atoms with Crippen LogP contribution in [0.15, 0.2) is 24.4 Å². The number of hydrogen-bond acceptors (Lipinski definition) is 7. The van der Waals surface area contributed by atoms with Gasteiger partial charge in [0.25, 0.3) is 0 Å². The van der Waals surface area contributed by atoms with Gasteiger partial charge in [0.2, 0.25) is 0 Å². The van der Waals surface area contributed by atoms with E-state index in [0.29, 0.717) is 34.3 Å². The molecule has 0 amide bonds. The molecule has 0 spiro atoms. The van der Waals surface area contributed by atoms with Gasteiger partial charge in [-0.25, -0.2) is 9.59 Å². The second-order valence-corrected chi connectivity index (χ2v) is 9.36. The van der Waals surface area contributed by atoms with Crippen LogP contribution >= 0.6 is 0 Å².